The van der Waals surface area contributed by atoms with Crippen LogP contribution in [0.25, 0.3) is 0 Å². The van der Waals surface area contributed by atoms with Gasteiger partial charge in [0.1, 0.15) is 5.75 Å². The zero-order valence-corrected chi connectivity index (χ0v) is 15.8. The Morgan fingerprint density at radius 2 is 1.81 bits per heavy atom. The number of amides is 1. The Labute approximate surface area is 158 Å². The van der Waals surface area contributed by atoms with Crippen molar-refractivity contribution >= 4 is 23.6 Å². The zero-order valence-electron chi connectivity index (χ0n) is 15.0. The summed E-state index contributed by atoms with van der Waals surface area (Å²) < 4.78 is 9.83. The van der Waals surface area contributed by atoms with Crippen molar-refractivity contribution in [2.24, 2.45) is 0 Å². The van der Waals surface area contributed by atoms with Crippen LogP contribution < -0.4 is 10.1 Å². The minimum absolute atomic E-state index is 0.00707. The number of esters is 1. The zero-order chi connectivity index (χ0) is 18.8. The fourth-order valence-corrected chi connectivity index (χ4v) is 3.16. The molecule has 0 aliphatic heterocycles. The van der Waals surface area contributed by atoms with Crippen LogP contribution >= 0.6 is 11.8 Å². The Bertz CT molecular complexity index is 731. The Kier molecular flexibility index (Phi) is 8.02. The summed E-state index contributed by atoms with van der Waals surface area (Å²) >= 11 is 1.51. The Balaban J connectivity index is 1.68. The van der Waals surface area contributed by atoms with E-state index in [9.17, 15) is 9.59 Å². The van der Waals surface area contributed by atoms with Gasteiger partial charge in [0.05, 0.1) is 25.5 Å². The van der Waals surface area contributed by atoms with E-state index in [0.29, 0.717) is 23.6 Å². The summed E-state index contributed by atoms with van der Waals surface area (Å²) in [6.45, 7) is 0.601. The van der Waals surface area contributed by atoms with Crippen molar-refractivity contribution in [2.45, 2.75) is 12.2 Å². The van der Waals surface area contributed by atoms with E-state index in [2.05, 4.69) is 5.32 Å². The van der Waals surface area contributed by atoms with Gasteiger partial charge < -0.3 is 14.8 Å². The van der Waals surface area contributed by atoms with Gasteiger partial charge >= 0.3 is 5.97 Å². The number of carbonyl (C=O) groups excluding carboxylic acids is 2. The molecule has 0 atom stereocenters. The average Bonchev–Trinajstić information content (AvgIpc) is 2.68. The highest BCUT2D eigenvalue weighted by molar-refractivity contribution is 7.99. The first-order valence-electron chi connectivity index (χ1n) is 8.27. The van der Waals surface area contributed by atoms with Gasteiger partial charge in [-0.05, 0) is 41.8 Å². The van der Waals surface area contributed by atoms with Gasteiger partial charge in [0.2, 0.25) is 5.91 Å². The Morgan fingerprint density at radius 1 is 1.04 bits per heavy atom. The summed E-state index contributed by atoms with van der Waals surface area (Å²) in [5.74, 6) is 1.52. The monoisotopic (exact) mass is 373 g/mol. The molecular formula is C20H23NO4S. The highest BCUT2D eigenvalue weighted by atomic mass is 32.2. The molecule has 0 spiro atoms. The second kappa shape index (κ2) is 10.5. The highest BCUT2D eigenvalue weighted by Gasteiger charge is 2.07. The molecule has 0 saturated carbocycles. The number of carbonyl (C=O) groups is 2. The number of benzene rings is 2. The quantitative estimate of drug-likeness (QED) is 0.685. The normalized spacial score (nSPS) is 10.2. The van der Waals surface area contributed by atoms with Crippen molar-refractivity contribution in [1.29, 1.82) is 0 Å². The van der Waals surface area contributed by atoms with Crippen molar-refractivity contribution in [3.8, 4) is 5.75 Å². The van der Waals surface area contributed by atoms with Crippen LogP contribution in [0.2, 0.25) is 0 Å². The third-order valence-electron chi connectivity index (χ3n) is 3.74. The lowest BCUT2D eigenvalue weighted by atomic mass is 10.1. The van der Waals surface area contributed by atoms with Crippen molar-refractivity contribution in [3.63, 3.8) is 0 Å². The molecule has 138 valence electrons. The summed E-state index contributed by atoms with van der Waals surface area (Å²) in [4.78, 5) is 23.4. The van der Waals surface area contributed by atoms with E-state index in [-0.39, 0.29) is 11.9 Å². The molecule has 0 radical (unpaired) electrons. The standard InChI is InChI=1S/C20H23NO4S/c1-24-18-8-6-15(7-9-18)10-11-21-19(22)14-26-13-16-4-3-5-17(12-16)20(23)25-2/h3-9,12H,10-11,13-14H2,1-2H3,(H,21,22). The molecule has 2 aromatic rings. The molecule has 2 aromatic carbocycles. The molecule has 1 amide bonds. The summed E-state index contributed by atoms with van der Waals surface area (Å²) in [6, 6.07) is 15.1. The molecule has 0 bridgehead atoms. The maximum absolute atomic E-state index is 11.9. The smallest absolute Gasteiger partial charge is 0.337 e. The van der Waals surface area contributed by atoms with Crippen LogP contribution in [0.15, 0.2) is 48.5 Å². The van der Waals surface area contributed by atoms with Gasteiger partial charge in [-0.25, -0.2) is 4.79 Å². The molecule has 0 fully saturated rings. The first-order chi connectivity index (χ1) is 12.6. The van der Waals surface area contributed by atoms with Crippen molar-refractivity contribution in [2.75, 3.05) is 26.5 Å². The first kappa shape index (κ1) is 19.8. The Hall–Kier alpha value is -2.47. The molecule has 0 saturated heterocycles. The number of hydrogen-bond acceptors (Lipinski definition) is 5. The van der Waals surface area contributed by atoms with Crippen molar-refractivity contribution in [3.05, 3.63) is 65.2 Å². The van der Waals surface area contributed by atoms with Crippen LogP contribution in [0.4, 0.5) is 0 Å². The fourth-order valence-electron chi connectivity index (χ4n) is 2.36. The van der Waals surface area contributed by atoms with Crippen molar-refractivity contribution in [1.82, 2.24) is 5.32 Å². The van der Waals surface area contributed by atoms with Gasteiger partial charge in [-0.15, -0.1) is 11.8 Å². The number of nitrogens with one attached hydrogen (secondary N) is 1. The molecule has 0 unspecified atom stereocenters. The molecule has 0 aliphatic rings. The van der Waals surface area contributed by atoms with E-state index in [1.807, 2.05) is 36.4 Å². The van der Waals surface area contributed by atoms with Crippen LogP contribution in [-0.4, -0.2) is 38.4 Å². The minimum atomic E-state index is -0.354. The second-order valence-electron chi connectivity index (χ2n) is 5.63. The lowest BCUT2D eigenvalue weighted by molar-refractivity contribution is -0.118. The van der Waals surface area contributed by atoms with Gasteiger partial charge in [-0.2, -0.15) is 0 Å². The van der Waals surface area contributed by atoms with Crippen molar-refractivity contribution < 1.29 is 19.1 Å². The molecule has 0 heterocycles. The van der Waals surface area contributed by atoms with Crippen LogP contribution in [0.1, 0.15) is 21.5 Å². The Morgan fingerprint density at radius 3 is 2.50 bits per heavy atom. The number of thioether (sulfide) groups is 1. The van der Waals surface area contributed by atoms with Crippen LogP contribution in [-0.2, 0) is 21.7 Å². The third kappa shape index (κ3) is 6.44. The summed E-state index contributed by atoms with van der Waals surface area (Å²) in [6.07, 6.45) is 0.779. The topological polar surface area (TPSA) is 64.6 Å². The van der Waals surface area contributed by atoms with Crippen LogP contribution in [0.3, 0.4) is 0 Å². The third-order valence-corrected chi connectivity index (χ3v) is 4.75. The van der Waals surface area contributed by atoms with Crippen LogP contribution in [0.5, 0.6) is 5.75 Å². The number of rotatable bonds is 9. The van der Waals surface area contributed by atoms with E-state index >= 15 is 0 Å². The largest absolute Gasteiger partial charge is 0.497 e. The van der Waals surface area contributed by atoms with Gasteiger partial charge in [0.15, 0.2) is 0 Å². The van der Waals surface area contributed by atoms with Gasteiger partial charge in [-0.3, -0.25) is 4.79 Å². The first-order valence-corrected chi connectivity index (χ1v) is 9.42. The van der Waals surface area contributed by atoms with E-state index in [1.54, 1.807) is 19.2 Å². The van der Waals surface area contributed by atoms with E-state index in [4.69, 9.17) is 9.47 Å². The summed E-state index contributed by atoms with van der Waals surface area (Å²) in [7, 11) is 3.00. The maximum atomic E-state index is 11.9. The molecule has 6 heteroatoms. The number of hydrogen-bond donors (Lipinski definition) is 1. The second-order valence-corrected chi connectivity index (χ2v) is 6.62. The lowest BCUT2D eigenvalue weighted by Crippen LogP contribution is -2.27. The van der Waals surface area contributed by atoms with Gasteiger partial charge in [0, 0.05) is 12.3 Å². The lowest BCUT2D eigenvalue weighted by Gasteiger charge is -2.07. The molecule has 5 nitrogen and oxygen atoms in total. The average molecular weight is 373 g/mol. The van der Waals surface area contributed by atoms with Gasteiger partial charge in [0.25, 0.3) is 0 Å². The van der Waals surface area contributed by atoms with E-state index in [0.717, 1.165) is 23.3 Å². The van der Waals surface area contributed by atoms with E-state index in [1.165, 1.54) is 18.9 Å². The SMILES string of the molecule is COC(=O)c1cccc(CSCC(=O)NCCc2ccc(OC)cc2)c1. The number of methoxy groups -OCH3 is 2. The fraction of sp³-hybridized carbons (Fsp3) is 0.300. The molecule has 0 aromatic heterocycles. The summed E-state index contributed by atoms with van der Waals surface area (Å²) in [5.41, 5.74) is 2.66. The highest BCUT2D eigenvalue weighted by Crippen LogP contribution is 2.14. The predicted molar refractivity (Wildman–Crippen MR) is 104 cm³/mol. The minimum Gasteiger partial charge on any atom is -0.497 e. The maximum Gasteiger partial charge on any atom is 0.337 e. The molecule has 0 aliphatic carbocycles. The molecule has 1 N–H and O–H groups in total. The molecule has 2 rings (SSSR count). The number of ether oxygens (including phenoxy) is 2. The molecule has 26 heavy (non-hydrogen) atoms. The van der Waals surface area contributed by atoms with Crippen LogP contribution in [0, 0.1) is 0 Å². The van der Waals surface area contributed by atoms with E-state index < -0.39 is 0 Å². The summed E-state index contributed by atoms with van der Waals surface area (Å²) in [5, 5.41) is 2.92. The van der Waals surface area contributed by atoms with Gasteiger partial charge in [-0.1, -0.05) is 24.3 Å². The predicted octanol–water partition coefficient (Wildman–Crippen LogP) is 3.07. The molecular weight excluding hydrogens is 350 g/mol.